The van der Waals surface area contributed by atoms with Crippen LogP contribution in [0, 0.1) is 0 Å². The predicted molar refractivity (Wildman–Crippen MR) is 120 cm³/mol. The number of Topliss-reactive ketones (excluding diaryl/α,β-unsaturated/α-hetero) is 1. The van der Waals surface area contributed by atoms with Gasteiger partial charge in [0.25, 0.3) is 0 Å². The van der Waals surface area contributed by atoms with E-state index in [9.17, 15) is 9.59 Å². The third-order valence-corrected chi connectivity index (χ3v) is 6.23. The van der Waals surface area contributed by atoms with Crippen molar-refractivity contribution in [1.29, 1.82) is 0 Å². The fourth-order valence-electron chi connectivity index (χ4n) is 3.95. The molecule has 1 aliphatic heterocycles. The van der Waals surface area contributed by atoms with Crippen LogP contribution >= 0.6 is 23.2 Å². The van der Waals surface area contributed by atoms with Crippen LogP contribution in [0.25, 0.3) is 0 Å². The highest BCUT2D eigenvalue weighted by molar-refractivity contribution is 6.42. The Morgan fingerprint density at radius 3 is 2.56 bits per heavy atom. The molecule has 32 heavy (non-hydrogen) atoms. The number of benzene rings is 2. The third kappa shape index (κ3) is 4.33. The summed E-state index contributed by atoms with van der Waals surface area (Å²) in [5, 5.41) is 0.944. The number of ether oxygens (including phenoxy) is 3. The van der Waals surface area contributed by atoms with Gasteiger partial charge in [-0.2, -0.15) is 0 Å². The highest BCUT2D eigenvalue weighted by atomic mass is 35.5. The largest absolute Gasteiger partial charge is 0.489 e. The Hall–Kier alpha value is -2.96. The molecular formula is C24H21Cl2NO5. The summed E-state index contributed by atoms with van der Waals surface area (Å²) in [6.07, 6.45) is 1.68. The van der Waals surface area contributed by atoms with Crippen LogP contribution in [-0.4, -0.2) is 18.9 Å². The van der Waals surface area contributed by atoms with Gasteiger partial charge in [0.1, 0.15) is 23.7 Å². The lowest BCUT2D eigenvalue weighted by molar-refractivity contribution is -0.136. The maximum atomic E-state index is 12.8. The number of halogens is 2. The predicted octanol–water partition coefficient (Wildman–Crippen LogP) is 5.04. The van der Waals surface area contributed by atoms with Crippen LogP contribution in [0.3, 0.4) is 0 Å². The number of methoxy groups -OCH3 is 1. The summed E-state index contributed by atoms with van der Waals surface area (Å²) >= 11 is 12.0. The van der Waals surface area contributed by atoms with Crippen molar-refractivity contribution >= 4 is 35.0 Å². The van der Waals surface area contributed by atoms with E-state index in [1.807, 2.05) is 18.2 Å². The van der Waals surface area contributed by atoms with Gasteiger partial charge in [-0.15, -0.1) is 0 Å². The first kappa shape index (κ1) is 22.2. The van der Waals surface area contributed by atoms with Gasteiger partial charge in [0.2, 0.25) is 5.88 Å². The summed E-state index contributed by atoms with van der Waals surface area (Å²) in [6.45, 7) is 0.307. The van der Waals surface area contributed by atoms with Crippen molar-refractivity contribution in [2.75, 3.05) is 7.11 Å². The molecule has 0 aromatic heterocycles. The molecule has 0 saturated heterocycles. The standard InChI is InChI=1S/C24H21Cl2NO5/c1-30-24(29)22-20(21-18(28)3-2-4-19(21)32-23(22)27)14-6-8-15(9-7-14)31-12-13-5-10-16(25)17(26)11-13/h5-11,20H,2-4,12,27H2,1H3/t20-/m1/s1. The van der Waals surface area contributed by atoms with E-state index in [1.165, 1.54) is 7.11 Å². The highest BCUT2D eigenvalue weighted by Gasteiger charge is 2.41. The fourth-order valence-corrected chi connectivity index (χ4v) is 4.27. The van der Waals surface area contributed by atoms with Crippen LogP contribution in [0.4, 0.5) is 0 Å². The molecule has 0 radical (unpaired) electrons. The minimum absolute atomic E-state index is 0.0322. The molecule has 8 heteroatoms. The van der Waals surface area contributed by atoms with Gasteiger partial charge in [-0.3, -0.25) is 4.79 Å². The number of nitrogens with two attached hydrogens (primary N) is 1. The van der Waals surface area contributed by atoms with Crippen molar-refractivity contribution in [3.63, 3.8) is 0 Å². The molecule has 166 valence electrons. The van der Waals surface area contributed by atoms with E-state index in [0.29, 0.717) is 53.0 Å². The number of esters is 1. The van der Waals surface area contributed by atoms with Crippen molar-refractivity contribution in [2.45, 2.75) is 31.8 Å². The average molecular weight is 474 g/mol. The van der Waals surface area contributed by atoms with Crippen LogP contribution in [0.15, 0.2) is 65.3 Å². The van der Waals surface area contributed by atoms with E-state index in [1.54, 1.807) is 24.3 Å². The number of carbonyl (C=O) groups is 2. The Kier molecular flexibility index (Phi) is 6.44. The number of allylic oxidation sites excluding steroid dienone is 2. The summed E-state index contributed by atoms with van der Waals surface area (Å²) in [5.41, 5.74) is 8.26. The molecule has 2 aromatic carbocycles. The molecule has 0 spiro atoms. The van der Waals surface area contributed by atoms with Crippen LogP contribution in [-0.2, 0) is 25.7 Å². The number of hydrogen-bond acceptors (Lipinski definition) is 6. The van der Waals surface area contributed by atoms with E-state index in [2.05, 4.69) is 0 Å². The summed E-state index contributed by atoms with van der Waals surface area (Å²) in [6, 6.07) is 12.5. The van der Waals surface area contributed by atoms with Crippen molar-refractivity contribution < 1.29 is 23.8 Å². The SMILES string of the molecule is COC(=O)C1=C(N)OC2=C(C(=O)CCC2)[C@H]1c1ccc(OCc2ccc(Cl)c(Cl)c2)cc1. The van der Waals surface area contributed by atoms with E-state index in [4.69, 9.17) is 43.1 Å². The quantitative estimate of drug-likeness (QED) is 0.612. The maximum Gasteiger partial charge on any atom is 0.340 e. The molecule has 4 rings (SSSR count). The van der Waals surface area contributed by atoms with Gasteiger partial charge in [0, 0.05) is 18.4 Å². The molecule has 0 fully saturated rings. The molecule has 6 nitrogen and oxygen atoms in total. The monoisotopic (exact) mass is 473 g/mol. The zero-order valence-electron chi connectivity index (χ0n) is 17.3. The van der Waals surface area contributed by atoms with Gasteiger partial charge in [0.05, 0.1) is 23.1 Å². The second-order valence-corrected chi connectivity index (χ2v) is 8.34. The molecule has 2 aromatic rings. The third-order valence-electron chi connectivity index (χ3n) is 5.49. The van der Waals surface area contributed by atoms with Crippen molar-refractivity contribution in [3.8, 4) is 5.75 Å². The molecule has 0 unspecified atom stereocenters. The maximum absolute atomic E-state index is 12.8. The normalized spacial score (nSPS) is 18.2. The highest BCUT2D eigenvalue weighted by Crippen LogP contribution is 2.44. The van der Waals surface area contributed by atoms with Crippen LogP contribution in [0.5, 0.6) is 5.75 Å². The number of rotatable bonds is 5. The minimum atomic E-state index is -0.650. The zero-order chi connectivity index (χ0) is 22.8. The van der Waals surface area contributed by atoms with Gasteiger partial charge < -0.3 is 19.9 Å². The van der Waals surface area contributed by atoms with Crippen molar-refractivity contribution in [2.24, 2.45) is 5.73 Å². The van der Waals surface area contributed by atoms with E-state index < -0.39 is 11.9 Å². The van der Waals surface area contributed by atoms with Crippen molar-refractivity contribution in [1.82, 2.24) is 0 Å². The summed E-state index contributed by atoms with van der Waals surface area (Å²) in [4.78, 5) is 25.3. The Morgan fingerprint density at radius 1 is 1.12 bits per heavy atom. The van der Waals surface area contributed by atoms with E-state index in [-0.39, 0.29) is 17.2 Å². The molecule has 1 heterocycles. The molecule has 0 saturated carbocycles. The second-order valence-electron chi connectivity index (χ2n) is 7.52. The molecule has 1 aliphatic carbocycles. The Bertz CT molecular complexity index is 1140. The first-order valence-electron chi connectivity index (χ1n) is 10.1. The number of carbonyl (C=O) groups excluding carboxylic acids is 2. The lowest BCUT2D eigenvalue weighted by Crippen LogP contribution is -2.31. The second kappa shape index (κ2) is 9.27. The van der Waals surface area contributed by atoms with Gasteiger partial charge in [-0.1, -0.05) is 41.4 Å². The molecule has 0 amide bonds. The Balaban J connectivity index is 1.61. The van der Waals surface area contributed by atoms with Gasteiger partial charge in [-0.25, -0.2) is 4.79 Å². The summed E-state index contributed by atoms with van der Waals surface area (Å²) in [5.74, 6) is -0.218. The molecular weight excluding hydrogens is 453 g/mol. The fraction of sp³-hybridized carbons (Fsp3) is 0.250. The lowest BCUT2D eigenvalue weighted by Gasteiger charge is -2.32. The number of hydrogen-bond donors (Lipinski definition) is 1. The van der Waals surface area contributed by atoms with Crippen LogP contribution < -0.4 is 10.5 Å². The molecule has 0 bridgehead atoms. The molecule has 2 aliphatic rings. The van der Waals surface area contributed by atoms with Crippen molar-refractivity contribution in [3.05, 3.63) is 86.4 Å². The average Bonchev–Trinajstić information content (AvgIpc) is 2.79. The van der Waals surface area contributed by atoms with E-state index >= 15 is 0 Å². The first-order valence-corrected chi connectivity index (χ1v) is 10.8. The van der Waals surface area contributed by atoms with Gasteiger partial charge in [-0.05, 0) is 41.8 Å². The Labute approximate surface area is 195 Å². The lowest BCUT2D eigenvalue weighted by atomic mass is 9.77. The van der Waals surface area contributed by atoms with Crippen LogP contribution in [0.2, 0.25) is 10.0 Å². The van der Waals surface area contributed by atoms with Gasteiger partial charge >= 0.3 is 5.97 Å². The Morgan fingerprint density at radius 2 is 1.88 bits per heavy atom. The van der Waals surface area contributed by atoms with Crippen LogP contribution in [0.1, 0.15) is 36.3 Å². The zero-order valence-corrected chi connectivity index (χ0v) is 18.8. The summed E-state index contributed by atoms with van der Waals surface area (Å²) < 4.78 is 16.4. The van der Waals surface area contributed by atoms with E-state index in [0.717, 1.165) is 11.1 Å². The summed E-state index contributed by atoms with van der Waals surface area (Å²) in [7, 11) is 1.27. The first-order chi connectivity index (χ1) is 15.4. The van der Waals surface area contributed by atoms with Gasteiger partial charge in [0.15, 0.2) is 5.78 Å². The molecule has 1 atom stereocenters. The number of ketones is 1. The topological polar surface area (TPSA) is 87.9 Å². The minimum Gasteiger partial charge on any atom is -0.489 e. The smallest absolute Gasteiger partial charge is 0.340 e. The molecule has 2 N–H and O–H groups in total.